The van der Waals surface area contributed by atoms with E-state index in [0.717, 1.165) is 0 Å². The van der Waals surface area contributed by atoms with Crippen LogP contribution in [0.5, 0.6) is 11.5 Å². The van der Waals surface area contributed by atoms with E-state index in [2.05, 4.69) is 17.9 Å². The van der Waals surface area contributed by atoms with Gasteiger partial charge in [-0.2, -0.15) is 12.6 Å². The highest BCUT2D eigenvalue weighted by Crippen LogP contribution is 2.30. The van der Waals surface area contributed by atoms with Gasteiger partial charge in [0, 0.05) is 17.7 Å². The number of Topliss-reactive ketones (excluding diaryl/α,β-unsaturated/α-hetero) is 1. The largest absolute Gasteiger partial charge is 0.491 e. The molecule has 0 saturated heterocycles. The number of carbonyl (C=O) groups excluding carboxylic acids is 3. The number of ketones is 1. The van der Waals surface area contributed by atoms with Crippen molar-refractivity contribution < 1.29 is 38.4 Å². The Morgan fingerprint density at radius 2 is 1.64 bits per heavy atom. The zero-order chi connectivity index (χ0) is 28.0. The third kappa shape index (κ3) is 9.66. The molecular weight excluding hydrogens is 522 g/mol. The summed E-state index contributed by atoms with van der Waals surface area (Å²) in [6.45, 7) is 1.40. The number of rotatable bonds is 14. The van der Waals surface area contributed by atoms with Crippen molar-refractivity contribution >= 4 is 36.2 Å². The van der Waals surface area contributed by atoms with Crippen molar-refractivity contribution in [3.63, 3.8) is 0 Å². The lowest BCUT2D eigenvalue weighted by molar-refractivity contribution is -0.141. The number of nitrogens with one attached hydrogen (secondary N) is 1. The third-order valence-corrected chi connectivity index (χ3v) is 5.74. The number of benzene rings is 3. The Bertz CT molecular complexity index is 1220. The molecule has 39 heavy (non-hydrogen) atoms. The molecule has 3 aromatic carbocycles. The van der Waals surface area contributed by atoms with E-state index in [1.54, 1.807) is 60.7 Å². The minimum absolute atomic E-state index is 0.00554. The lowest BCUT2D eigenvalue weighted by Gasteiger charge is -2.28. The molecule has 3 rings (SSSR count). The summed E-state index contributed by atoms with van der Waals surface area (Å²) in [5.41, 5.74) is 1.51. The van der Waals surface area contributed by atoms with Gasteiger partial charge in [0.25, 0.3) is 0 Å². The number of hydrogen-bond donors (Lipinski definition) is 3. The maximum Gasteiger partial charge on any atom is 0.412 e. The van der Waals surface area contributed by atoms with Gasteiger partial charge in [-0.1, -0.05) is 30.3 Å². The molecule has 0 unspecified atom stereocenters. The van der Waals surface area contributed by atoms with Crippen molar-refractivity contribution in [2.75, 3.05) is 30.9 Å². The number of aliphatic hydroxyl groups is 1. The van der Waals surface area contributed by atoms with Gasteiger partial charge in [-0.25, -0.2) is 4.79 Å². The van der Waals surface area contributed by atoms with Crippen LogP contribution in [0.1, 0.15) is 35.4 Å². The van der Waals surface area contributed by atoms with Crippen LogP contribution in [-0.4, -0.2) is 54.6 Å². The molecule has 0 saturated carbocycles. The fraction of sp³-hybridized carbons (Fsp3) is 0.276. The summed E-state index contributed by atoms with van der Waals surface area (Å²) >= 11 is 3.93. The fourth-order valence-electron chi connectivity index (χ4n) is 3.63. The van der Waals surface area contributed by atoms with E-state index in [1.165, 1.54) is 6.92 Å². The smallest absolute Gasteiger partial charge is 0.412 e. The van der Waals surface area contributed by atoms with Crippen LogP contribution in [0, 0.1) is 0 Å². The van der Waals surface area contributed by atoms with Crippen molar-refractivity contribution in [2.45, 2.75) is 25.6 Å². The topological polar surface area (TPSA) is 120 Å². The van der Waals surface area contributed by atoms with E-state index < -0.39 is 24.3 Å². The van der Waals surface area contributed by atoms with Crippen LogP contribution in [0.15, 0.2) is 78.9 Å². The molecule has 0 aliphatic carbocycles. The average Bonchev–Trinajstić information content (AvgIpc) is 2.95. The second-order valence-corrected chi connectivity index (χ2v) is 8.68. The number of aliphatic hydroxyl groups excluding tert-OH is 1. The first-order chi connectivity index (χ1) is 18.9. The number of anilines is 1. The molecule has 2 N–H and O–H groups in total. The van der Waals surface area contributed by atoms with Gasteiger partial charge in [-0.15, -0.1) is 0 Å². The summed E-state index contributed by atoms with van der Waals surface area (Å²) in [4.78, 5) is 36.3. The van der Waals surface area contributed by atoms with Gasteiger partial charge in [0.1, 0.15) is 24.2 Å². The minimum atomic E-state index is -0.950. The Kier molecular flexibility index (Phi) is 11.7. The summed E-state index contributed by atoms with van der Waals surface area (Å²) in [6, 6.07) is 22.3. The maximum atomic E-state index is 13.0. The summed E-state index contributed by atoms with van der Waals surface area (Å²) < 4.78 is 22.9. The lowest BCUT2D eigenvalue weighted by Crippen LogP contribution is -2.32. The second-order valence-electron chi connectivity index (χ2n) is 8.37. The maximum absolute atomic E-state index is 13.0. The standard InChI is InChI=1S/C29H31NO8S/c1-20(32)21-10-12-23(13-11-21)30-29(34)38-28(22-6-5-9-25(18-22)35-17-15-31)26(14-16-36-27(33)19-39)37-24-7-3-2-4-8-24/h2-13,18,26,28,31,39H,14-17,19H2,1H3,(H,30,34)/t26-,28-/m0/s1. The third-order valence-electron chi connectivity index (χ3n) is 5.48. The molecule has 9 nitrogen and oxygen atoms in total. The molecule has 0 aliphatic rings. The van der Waals surface area contributed by atoms with Crippen LogP contribution in [0.4, 0.5) is 10.5 Å². The second kappa shape index (κ2) is 15.4. The Balaban J connectivity index is 1.89. The first-order valence-electron chi connectivity index (χ1n) is 12.3. The molecule has 0 bridgehead atoms. The van der Waals surface area contributed by atoms with Gasteiger partial charge < -0.3 is 24.1 Å². The number of thiol groups is 1. The van der Waals surface area contributed by atoms with Crippen LogP contribution in [-0.2, 0) is 14.3 Å². The Labute approximate surface area is 232 Å². The first kappa shape index (κ1) is 29.5. The summed E-state index contributed by atoms with van der Waals surface area (Å²) in [5.74, 6) is 0.353. The van der Waals surface area contributed by atoms with Gasteiger partial charge in [0.2, 0.25) is 0 Å². The van der Waals surface area contributed by atoms with Crippen molar-refractivity contribution in [1.82, 2.24) is 0 Å². The minimum Gasteiger partial charge on any atom is -0.491 e. The summed E-state index contributed by atoms with van der Waals surface area (Å²) in [7, 11) is 0. The van der Waals surface area contributed by atoms with E-state index in [4.69, 9.17) is 24.1 Å². The van der Waals surface area contributed by atoms with Gasteiger partial charge in [-0.05, 0) is 61.0 Å². The molecular formula is C29H31NO8S. The van der Waals surface area contributed by atoms with Crippen molar-refractivity contribution in [2.24, 2.45) is 0 Å². The molecule has 0 radical (unpaired) electrons. The van der Waals surface area contributed by atoms with Gasteiger partial charge in [0.15, 0.2) is 11.9 Å². The Morgan fingerprint density at radius 1 is 0.923 bits per heavy atom. The lowest BCUT2D eigenvalue weighted by atomic mass is 10.0. The van der Waals surface area contributed by atoms with Crippen LogP contribution < -0.4 is 14.8 Å². The van der Waals surface area contributed by atoms with Gasteiger partial charge in [0.05, 0.1) is 19.0 Å². The van der Waals surface area contributed by atoms with E-state index in [1.807, 2.05) is 18.2 Å². The van der Waals surface area contributed by atoms with Crippen LogP contribution in [0.3, 0.4) is 0 Å². The molecule has 2 atom stereocenters. The van der Waals surface area contributed by atoms with Crippen molar-refractivity contribution in [3.05, 3.63) is 90.0 Å². The summed E-state index contributed by atoms with van der Waals surface area (Å²) in [5, 5.41) is 11.8. The van der Waals surface area contributed by atoms with E-state index in [0.29, 0.717) is 28.3 Å². The predicted molar refractivity (Wildman–Crippen MR) is 149 cm³/mol. The Hall–Kier alpha value is -4.02. The monoisotopic (exact) mass is 553 g/mol. The summed E-state index contributed by atoms with van der Waals surface area (Å²) in [6.07, 6.45) is -2.28. The highest BCUT2D eigenvalue weighted by Gasteiger charge is 2.30. The van der Waals surface area contributed by atoms with Crippen molar-refractivity contribution in [1.29, 1.82) is 0 Å². The SMILES string of the molecule is CC(=O)c1ccc(NC(=O)O[C@@H](c2cccc(OCCO)c2)[C@H](CCOC(=O)CS)Oc2ccccc2)cc1. The number of esters is 1. The molecule has 206 valence electrons. The number of carbonyl (C=O) groups is 3. The van der Waals surface area contributed by atoms with Gasteiger partial charge >= 0.3 is 12.1 Å². The van der Waals surface area contributed by atoms with Crippen LogP contribution >= 0.6 is 12.6 Å². The van der Waals surface area contributed by atoms with Crippen LogP contribution in [0.25, 0.3) is 0 Å². The molecule has 0 fully saturated rings. The highest BCUT2D eigenvalue weighted by molar-refractivity contribution is 7.81. The zero-order valence-electron chi connectivity index (χ0n) is 21.4. The molecule has 3 aromatic rings. The number of ether oxygens (including phenoxy) is 4. The molecule has 10 heteroatoms. The molecule has 0 aliphatic heterocycles. The van der Waals surface area contributed by atoms with Crippen LogP contribution in [0.2, 0.25) is 0 Å². The normalized spacial score (nSPS) is 12.1. The molecule has 0 spiro atoms. The molecule has 0 heterocycles. The predicted octanol–water partition coefficient (Wildman–Crippen LogP) is 4.86. The van der Waals surface area contributed by atoms with Crippen molar-refractivity contribution in [3.8, 4) is 11.5 Å². The van der Waals surface area contributed by atoms with E-state index >= 15 is 0 Å². The quantitative estimate of drug-likeness (QED) is 0.147. The fourth-order valence-corrected chi connectivity index (χ4v) is 3.73. The zero-order valence-corrected chi connectivity index (χ0v) is 22.3. The first-order valence-corrected chi connectivity index (χ1v) is 12.9. The van der Waals surface area contributed by atoms with Gasteiger partial charge in [-0.3, -0.25) is 14.9 Å². The highest BCUT2D eigenvalue weighted by atomic mass is 32.1. The average molecular weight is 554 g/mol. The van der Waals surface area contributed by atoms with E-state index in [9.17, 15) is 14.4 Å². The number of para-hydroxylation sites is 1. The molecule has 0 aromatic heterocycles. The number of amides is 1. The number of hydrogen-bond acceptors (Lipinski definition) is 9. The Morgan fingerprint density at radius 3 is 2.31 bits per heavy atom. The molecule has 1 amide bonds. The van der Waals surface area contributed by atoms with E-state index in [-0.39, 0.29) is 37.8 Å².